The lowest BCUT2D eigenvalue weighted by Crippen LogP contribution is -2.43. The van der Waals surface area contributed by atoms with Crippen LogP contribution in [0.15, 0.2) is 12.1 Å². The number of aryl methyl sites for hydroxylation is 1. The molecule has 0 radical (unpaired) electrons. The normalized spacial score (nSPS) is 22.6. The van der Waals surface area contributed by atoms with Crippen LogP contribution in [0, 0.1) is 0 Å². The highest BCUT2D eigenvalue weighted by molar-refractivity contribution is 7.12. The number of likely N-dealkylation sites (tertiary alicyclic amines) is 1. The fraction of sp³-hybridized carbons (Fsp3) is 0.733. The molecule has 1 aliphatic heterocycles. The van der Waals surface area contributed by atoms with Crippen LogP contribution in [-0.2, 0) is 11.2 Å². The van der Waals surface area contributed by atoms with Gasteiger partial charge in [-0.3, -0.25) is 4.90 Å². The fourth-order valence-corrected chi connectivity index (χ4v) is 3.93. The third-order valence-electron chi connectivity index (χ3n) is 3.84. The number of rotatable bonds is 6. The van der Waals surface area contributed by atoms with Crippen molar-refractivity contribution in [1.29, 1.82) is 0 Å². The third-order valence-corrected chi connectivity index (χ3v) is 5.17. The molecule has 0 bridgehead atoms. The maximum absolute atomic E-state index is 6.03. The predicted octanol–water partition coefficient (Wildman–Crippen LogP) is 2.81. The quantitative estimate of drug-likeness (QED) is 0.872. The van der Waals surface area contributed by atoms with Gasteiger partial charge < -0.3 is 10.5 Å². The molecule has 1 aromatic heterocycles. The van der Waals surface area contributed by atoms with Crippen molar-refractivity contribution in [2.75, 3.05) is 26.2 Å². The van der Waals surface area contributed by atoms with Crippen LogP contribution in [0.3, 0.4) is 0 Å². The minimum atomic E-state index is 0.369. The summed E-state index contributed by atoms with van der Waals surface area (Å²) in [6.07, 6.45) is 3.90. The lowest BCUT2D eigenvalue weighted by molar-refractivity contribution is -0.00615. The predicted molar refractivity (Wildman–Crippen MR) is 81.7 cm³/mol. The molecule has 4 heteroatoms. The number of thiophene rings is 1. The summed E-state index contributed by atoms with van der Waals surface area (Å²) in [5, 5.41) is 0. The molecule has 1 aromatic rings. The molecule has 2 N–H and O–H groups in total. The molecule has 19 heavy (non-hydrogen) atoms. The van der Waals surface area contributed by atoms with Gasteiger partial charge in [0.2, 0.25) is 0 Å². The highest BCUT2D eigenvalue weighted by Crippen LogP contribution is 2.30. The zero-order valence-corrected chi connectivity index (χ0v) is 12.9. The Bertz CT molecular complexity index is 378. The average molecular weight is 282 g/mol. The fourth-order valence-electron chi connectivity index (χ4n) is 2.83. The number of hydrogen-bond acceptors (Lipinski definition) is 4. The number of nitrogens with zero attached hydrogens (tertiary/aromatic N) is 1. The molecule has 1 aliphatic rings. The lowest BCUT2D eigenvalue weighted by atomic mass is 10.0. The summed E-state index contributed by atoms with van der Waals surface area (Å²) < 4.78 is 5.79. The van der Waals surface area contributed by atoms with Crippen molar-refractivity contribution in [2.24, 2.45) is 5.73 Å². The van der Waals surface area contributed by atoms with Gasteiger partial charge in [0.05, 0.1) is 12.1 Å². The molecule has 0 aliphatic carbocycles. The first-order valence-corrected chi connectivity index (χ1v) is 8.24. The monoisotopic (exact) mass is 282 g/mol. The van der Waals surface area contributed by atoms with Crippen molar-refractivity contribution in [1.82, 2.24) is 4.90 Å². The second kappa shape index (κ2) is 7.39. The minimum absolute atomic E-state index is 0.369. The summed E-state index contributed by atoms with van der Waals surface area (Å²) in [7, 11) is 0. The van der Waals surface area contributed by atoms with Crippen LogP contribution < -0.4 is 5.73 Å². The number of piperidine rings is 1. The van der Waals surface area contributed by atoms with Gasteiger partial charge in [0, 0.05) is 29.5 Å². The lowest BCUT2D eigenvalue weighted by Gasteiger charge is -2.37. The van der Waals surface area contributed by atoms with Gasteiger partial charge in [-0.05, 0) is 44.9 Å². The molecule has 108 valence electrons. The van der Waals surface area contributed by atoms with Crippen LogP contribution in [0.1, 0.15) is 42.5 Å². The molecular formula is C15H26N2OS. The summed E-state index contributed by atoms with van der Waals surface area (Å²) in [5.74, 6) is 0. The van der Waals surface area contributed by atoms with Gasteiger partial charge in [0.15, 0.2) is 0 Å². The Morgan fingerprint density at radius 1 is 1.47 bits per heavy atom. The van der Waals surface area contributed by atoms with Crippen LogP contribution in [0.4, 0.5) is 0 Å². The Labute approximate surface area is 120 Å². The first-order valence-electron chi connectivity index (χ1n) is 7.42. The van der Waals surface area contributed by atoms with E-state index in [2.05, 4.69) is 30.9 Å². The van der Waals surface area contributed by atoms with Crippen LogP contribution in [-0.4, -0.2) is 37.2 Å². The van der Waals surface area contributed by atoms with E-state index < -0.39 is 0 Å². The van der Waals surface area contributed by atoms with Gasteiger partial charge in [0.1, 0.15) is 0 Å². The first-order chi connectivity index (χ1) is 9.28. The van der Waals surface area contributed by atoms with Crippen molar-refractivity contribution in [2.45, 2.75) is 45.3 Å². The van der Waals surface area contributed by atoms with Gasteiger partial charge in [-0.1, -0.05) is 6.92 Å². The van der Waals surface area contributed by atoms with Gasteiger partial charge in [-0.15, -0.1) is 11.3 Å². The molecule has 1 fully saturated rings. The second-order valence-corrected chi connectivity index (χ2v) is 6.32. The molecule has 2 rings (SSSR count). The van der Waals surface area contributed by atoms with Crippen LogP contribution in [0.5, 0.6) is 0 Å². The van der Waals surface area contributed by atoms with E-state index in [1.54, 1.807) is 0 Å². The van der Waals surface area contributed by atoms with Crippen LogP contribution in [0.2, 0.25) is 0 Å². The minimum Gasteiger partial charge on any atom is -0.377 e. The molecular weight excluding hydrogens is 256 g/mol. The van der Waals surface area contributed by atoms with Gasteiger partial charge >= 0.3 is 0 Å². The highest BCUT2D eigenvalue weighted by atomic mass is 32.1. The summed E-state index contributed by atoms with van der Waals surface area (Å²) >= 11 is 1.91. The molecule has 0 aromatic carbocycles. The largest absolute Gasteiger partial charge is 0.377 e. The summed E-state index contributed by atoms with van der Waals surface area (Å²) in [6.45, 7) is 7.96. The Kier molecular flexibility index (Phi) is 5.82. The second-order valence-electron chi connectivity index (χ2n) is 5.12. The molecule has 1 saturated heterocycles. The maximum Gasteiger partial charge on any atom is 0.0702 e. The zero-order valence-electron chi connectivity index (χ0n) is 12.1. The Morgan fingerprint density at radius 3 is 2.95 bits per heavy atom. The molecule has 2 atom stereocenters. The van der Waals surface area contributed by atoms with E-state index in [4.69, 9.17) is 10.5 Å². The summed E-state index contributed by atoms with van der Waals surface area (Å²) in [5.41, 5.74) is 6.03. The van der Waals surface area contributed by atoms with E-state index >= 15 is 0 Å². The Morgan fingerprint density at radius 2 is 2.32 bits per heavy atom. The third kappa shape index (κ3) is 3.78. The molecule has 2 heterocycles. The Hall–Kier alpha value is -0.420. The van der Waals surface area contributed by atoms with E-state index in [1.807, 2.05) is 11.3 Å². The topological polar surface area (TPSA) is 38.5 Å². The van der Waals surface area contributed by atoms with E-state index in [0.717, 1.165) is 26.1 Å². The van der Waals surface area contributed by atoms with E-state index in [9.17, 15) is 0 Å². The van der Waals surface area contributed by atoms with Gasteiger partial charge in [-0.25, -0.2) is 0 Å². The average Bonchev–Trinajstić information content (AvgIpc) is 2.89. The standard InChI is InChI=1S/C15H26N2OS/c1-3-13-7-8-15(19-13)14(10-16)17-9-5-6-12(11-17)18-4-2/h7-8,12,14H,3-6,9-11,16H2,1-2H3. The molecule has 0 amide bonds. The van der Waals surface area contributed by atoms with Crippen molar-refractivity contribution >= 4 is 11.3 Å². The Balaban J connectivity index is 2.03. The van der Waals surface area contributed by atoms with Gasteiger partial charge in [-0.2, -0.15) is 0 Å². The SMILES string of the molecule is CCOC1CCCN(C(CN)c2ccc(CC)s2)C1. The first kappa shape index (κ1) is 15.0. The smallest absolute Gasteiger partial charge is 0.0702 e. The number of hydrogen-bond donors (Lipinski definition) is 1. The zero-order chi connectivity index (χ0) is 13.7. The van der Waals surface area contributed by atoms with E-state index in [0.29, 0.717) is 18.7 Å². The number of ether oxygens (including phenoxy) is 1. The number of nitrogens with two attached hydrogens (primary N) is 1. The van der Waals surface area contributed by atoms with Crippen LogP contribution in [0.25, 0.3) is 0 Å². The molecule has 0 spiro atoms. The van der Waals surface area contributed by atoms with Gasteiger partial charge in [0.25, 0.3) is 0 Å². The highest BCUT2D eigenvalue weighted by Gasteiger charge is 2.27. The molecule has 2 unspecified atom stereocenters. The van der Waals surface area contributed by atoms with E-state index in [-0.39, 0.29) is 0 Å². The van der Waals surface area contributed by atoms with Crippen molar-refractivity contribution in [3.63, 3.8) is 0 Å². The maximum atomic E-state index is 6.03. The molecule has 0 saturated carbocycles. The van der Waals surface area contributed by atoms with Crippen molar-refractivity contribution < 1.29 is 4.74 Å². The summed E-state index contributed by atoms with van der Waals surface area (Å²) in [4.78, 5) is 5.37. The summed E-state index contributed by atoms with van der Waals surface area (Å²) in [6, 6.07) is 4.87. The van der Waals surface area contributed by atoms with Crippen molar-refractivity contribution in [3.05, 3.63) is 21.9 Å². The van der Waals surface area contributed by atoms with E-state index in [1.165, 1.54) is 22.6 Å². The molecule has 3 nitrogen and oxygen atoms in total. The van der Waals surface area contributed by atoms with Crippen molar-refractivity contribution in [3.8, 4) is 0 Å². The van der Waals surface area contributed by atoms with Crippen LogP contribution >= 0.6 is 11.3 Å².